The van der Waals surface area contributed by atoms with Gasteiger partial charge in [-0.05, 0) is 17.5 Å². The molecule has 0 saturated carbocycles. The molecule has 0 aliphatic heterocycles. The van der Waals surface area contributed by atoms with Gasteiger partial charge in [-0.1, -0.05) is 6.07 Å². The molecule has 9 heteroatoms. The second kappa shape index (κ2) is 6.05. The van der Waals surface area contributed by atoms with Crippen molar-refractivity contribution >= 4 is 40.5 Å². The molecule has 3 rings (SSSR count). The molecule has 3 aromatic heterocycles. The SMILES string of the molecule is CN(CC(=O)O)c1ccn2nc(NC(=O)c3cccs3)nc2c1. The molecule has 118 valence electrons. The Labute approximate surface area is 135 Å². The molecule has 0 aliphatic rings. The molecular weight excluding hydrogens is 318 g/mol. The molecule has 0 aliphatic carbocycles. The Kier molecular flexibility index (Phi) is 3.94. The lowest BCUT2D eigenvalue weighted by Crippen LogP contribution is -2.25. The van der Waals surface area contributed by atoms with Crippen LogP contribution in [0.5, 0.6) is 0 Å². The van der Waals surface area contributed by atoms with E-state index >= 15 is 0 Å². The number of anilines is 2. The zero-order valence-electron chi connectivity index (χ0n) is 12.1. The Morgan fingerprint density at radius 3 is 2.96 bits per heavy atom. The van der Waals surface area contributed by atoms with Gasteiger partial charge in [-0.25, -0.2) is 4.52 Å². The van der Waals surface area contributed by atoms with E-state index in [1.165, 1.54) is 15.9 Å². The zero-order chi connectivity index (χ0) is 16.4. The van der Waals surface area contributed by atoms with Crippen molar-refractivity contribution < 1.29 is 14.7 Å². The fourth-order valence-corrected chi connectivity index (χ4v) is 2.65. The highest BCUT2D eigenvalue weighted by Gasteiger charge is 2.12. The highest BCUT2D eigenvalue weighted by molar-refractivity contribution is 7.12. The number of nitrogens with one attached hydrogen (secondary N) is 1. The number of carboxylic acid groups (broad SMARTS) is 1. The predicted molar refractivity (Wildman–Crippen MR) is 86.2 cm³/mol. The van der Waals surface area contributed by atoms with Crippen LogP contribution in [-0.2, 0) is 4.79 Å². The zero-order valence-corrected chi connectivity index (χ0v) is 12.9. The summed E-state index contributed by atoms with van der Waals surface area (Å²) < 4.78 is 1.52. The minimum Gasteiger partial charge on any atom is -0.480 e. The Balaban J connectivity index is 1.81. The summed E-state index contributed by atoms with van der Waals surface area (Å²) in [7, 11) is 1.68. The number of aliphatic carboxylic acids is 1. The summed E-state index contributed by atoms with van der Waals surface area (Å²) in [6, 6.07) is 6.95. The van der Waals surface area contributed by atoms with E-state index in [0.29, 0.717) is 16.2 Å². The second-order valence-corrected chi connectivity index (χ2v) is 5.75. The minimum absolute atomic E-state index is 0.119. The van der Waals surface area contributed by atoms with E-state index in [4.69, 9.17) is 5.11 Å². The molecule has 3 aromatic rings. The summed E-state index contributed by atoms with van der Waals surface area (Å²) in [4.78, 5) is 29.1. The first-order valence-corrected chi connectivity index (χ1v) is 7.55. The number of hydrogen-bond acceptors (Lipinski definition) is 6. The van der Waals surface area contributed by atoms with Gasteiger partial charge < -0.3 is 10.0 Å². The standard InChI is InChI=1S/C14H13N5O3S/c1-18(8-12(20)21)9-4-5-19-11(7-9)15-14(17-19)16-13(22)10-3-2-6-23-10/h2-7H,8H2,1H3,(H,20,21)(H,16,17,22). The van der Waals surface area contributed by atoms with Gasteiger partial charge >= 0.3 is 5.97 Å². The predicted octanol–water partition coefficient (Wildman–Crippen LogP) is 1.56. The molecule has 1 amide bonds. The smallest absolute Gasteiger partial charge is 0.323 e. The number of carbonyl (C=O) groups is 2. The number of amides is 1. The topological polar surface area (TPSA) is 99.8 Å². The molecule has 0 aromatic carbocycles. The van der Waals surface area contributed by atoms with Gasteiger partial charge in [0, 0.05) is 25.0 Å². The van der Waals surface area contributed by atoms with Crippen LogP contribution in [0.15, 0.2) is 35.8 Å². The van der Waals surface area contributed by atoms with Crippen molar-refractivity contribution in [2.24, 2.45) is 0 Å². The summed E-state index contributed by atoms with van der Waals surface area (Å²) in [5.74, 6) is -0.988. The fourth-order valence-electron chi connectivity index (χ4n) is 2.03. The van der Waals surface area contributed by atoms with Crippen LogP contribution in [0.3, 0.4) is 0 Å². The maximum atomic E-state index is 12.0. The van der Waals surface area contributed by atoms with Crippen molar-refractivity contribution in [2.75, 3.05) is 23.8 Å². The van der Waals surface area contributed by atoms with Gasteiger partial charge in [0.25, 0.3) is 5.91 Å². The van der Waals surface area contributed by atoms with E-state index in [-0.39, 0.29) is 18.4 Å². The van der Waals surface area contributed by atoms with Gasteiger partial charge in [-0.3, -0.25) is 14.9 Å². The maximum Gasteiger partial charge on any atom is 0.323 e. The summed E-state index contributed by atoms with van der Waals surface area (Å²) in [5.41, 5.74) is 1.21. The third-order valence-electron chi connectivity index (χ3n) is 3.10. The van der Waals surface area contributed by atoms with Gasteiger partial charge in [0.05, 0.1) is 4.88 Å². The number of fused-ring (bicyclic) bond motifs is 1. The van der Waals surface area contributed by atoms with E-state index in [2.05, 4.69) is 15.4 Å². The molecule has 8 nitrogen and oxygen atoms in total. The quantitative estimate of drug-likeness (QED) is 0.736. The van der Waals surface area contributed by atoms with Gasteiger partial charge in [0.1, 0.15) is 6.54 Å². The lowest BCUT2D eigenvalue weighted by molar-refractivity contribution is -0.135. The second-order valence-electron chi connectivity index (χ2n) is 4.80. The highest BCUT2D eigenvalue weighted by atomic mass is 32.1. The number of pyridine rings is 1. The minimum atomic E-state index is -0.919. The Morgan fingerprint density at radius 1 is 1.43 bits per heavy atom. The summed E-state index contributed by atoms with van der Waals surface area (Å²) >= 11 is 1.33. The molecule has 0 spiro atoms. The first kappa shape index (κ1) is 15.0. The number of carboxylic acids is 1. The number of rotatable bonds is 5. The lowest BCUT2D eigenvalue weighted by atomic mass is 10.3. The molecule has 0 unspecified atom stereocenters. The fraction of sp³-hybridized carbons (Fsp3) is 0.143. The van der Waals surface area contributed by atoms with Crippen LogP contribution in [0, 0.1) is 0 Å². The maximum absolute atomic E-state index is 12.0. The van der Waals surface area contributed by atoms with Gasteiger partial charge in [0.2, 0.25) is 5.95 Å². The van der Waals surface area contributed by atoms with Crippen LogP contribution in [0.2, 0.25) is 0 Å². The molecule has 23 heavy (non-hydrogen) atoms. The van der Waals surface area contributed by atoms with Gasteiger partial charge in [-0.15, -0.1) is 16.4 Å². The van der Waals surface area contributed by atoms with E-state index in [1.807, 2.05) is 5.38 Å². The third kappa shape index (κ3) is 3.29. The van der Waals surface area contributed by atoms with Crippen LogP contribution in [-0.4, -0.2) is 45.2 Å². The van der Waals surface area contributed by atoms with E-state index in [0.717, 1.165) is 0 Å². The van der Waals surface area contributed by atoms with Crippen molar-refractivity contribution in [2.45, 2.75) is 0 Å². The monoisotopic (exact) mass is 331 g/mol. The summed E-state index contributed by atoms with van der Waals surface area (Å²) in [6.07, 6.45) is 1.66. The normalized spacial score (nSPS) is 10.7. The van der Waals surface area contributed by atoms with Crippen LogP contribution < -0.4 is 10.2 Å². The third-order valence-corrected chi connectivity index (χ3v) is 3.97. The number of nitrogens with zero attached hydrogens (tertiary/aromatic N) is 4. The largest absolute Gasteiger partial charge is 0.480 e. The van der Waals surface area contributed by atoms with Crippen LogP contribution >= 0.6 is 11.3 Å². The molecule has 0 saturated heterocycles. The van der Waals surface area contributed by atoms with E-state index < -0.39 is 5.97 Å². The van der Waals surface area contributed by atoms with Crippen LogP contribution in [0.25, 0.3) is 5.65 Å². The Morgan fingerprint density at radius 2 is 2.26 bits per heavy atom. The van der Waals surface area contributed by atoms with Crippen molar-refractivity contribution in [1.82, 2.24) is 14.6 Å². The number of aromatic nitrogens is 3. The number of hydrogen-bond donors (Lipinski definition) is 2. The van der Waals surface area contributed by atoms with E-state index in [9.17, 15) is 9.59 Å². The summed E-state index contributed by atoms with van der Waals surface area (Å²) in [6.45, 7) is -0.119. The first-order chi connectivity index (χ1) is 11.0. The van der Waals surface area contributed by atoms with Crippen molar-refractivity contribution in [3.63, 3.8) is 0 Å². The molecule has 2 N–H and O–H groups in total. The Bertz CT molecular complexity index is 859. The first-order valence-electron chi connectivity index (χ1n) is 6.67. The van der Waals surface area contributed by atoms with Gasteiger partial charge in [0.15, 0.2) is 5.65 Å². The Hall–Kier alpha value is -2.94. The number of likely N-dealkylation sites (N-methyl/N-ethyl adjacent to an activating group) is 1. The number of thiophene rings is 1. The average Bonchev–Trinajstić information content (AvgIpc) is 3.14. The molecular formula is C14H13N5O3S. The summed E-state index contributed by atoms with van der Waals surface area (Å²) in [5, 5.41) is 17.4. The molecule has 0 fully saturated rings. The van der Waals surface area contributed by atoms with Crippen molar-refractivity contribution in [3.05, 3.63) is 40.7 Å². The molecule has 0 atom stereocenters. The van der Waals surface area contributed by atoms with Crippen molar-refractivity contribution in [3.8, 4) is 0 Å². The van der Waals surface area contributed by atoms with E-state index in [1.54, 1.807) is 42.4 Å². The lowest BCUT2D eigenvalue weighted by Gasteiger charge is -2.16. The van der Waals surface area contributed by atoms with Crippen molar-refractivity contribution in [1.29, 1.82) is 0 Å². The van der Waals surface area contributed by atoms with Gasteiger partial charge in [-0.2, -0.15) is 4.98 Å². The van der Waals surface area contributed by atoms with Crippen LogP contribution in [0.4, 0.5) is 11.6 Å². The molecule has 3 heterocycles. The molecule has 0 bridgehead atoms. The highest BCUT2D eigenvalue weighted by Crippen LogP contribution is 2.16. The average molecular weight is 331 g/mol. The molecule has 0 radical (unpaired) electrons. The number of carbonyl (C=O) groups excluding carboxylic acids is 1. The van der Waals surface area contributed by atoms with Crippen LogP contribution in [0.1, 0.15) is 9.67 Å².